The van der Waals surface area contributed by atoms with E-state index >= 15 is 0 Å². The minimum Gasteiger partial charge on any atom is -0.503 e. The summed E-state index contributed by atoms with van der Waals surface area (Å²) < 4.78 is 32.5. The summed E-state index contributed by atoms with van der Waals surface area (Å²) in [6.45, 7) is 0.878. The van der Waals surface area contributed by atoms with Crippen LogP contribution >= 0.6 is 11.3 Å². The van der Waals surface area contributed by atoms with Crippen molar-refractivity contribution >= 4 is 29.2 Å². The van der Waals surface area contributed by atoms with Crippen LogP contribution in [0.25, 0.3) is 10.6 Å². The summed E-state index contributed by atoms with van der Waals surface area (Å²) in [7, 11) is 0. The molecule has 2 N–H and O–H groups in total. The average molecular weight is 468 g/mol. The molecule has 1 aliphatic heterocycles. The maximum Gasteiger partial charge on any atom is 0.329 e. The third-order valence-corrected chi connectivity index (χ3v) is 6.32. The van der Waals surface area contributed by atoms with Gasteiger partial charge in [-0.2, -0.15) is 0 Å². The van der Waals surface area contributed by atoms with E-state index < -0.39 is 47.6 Å². The Hall–Kier alpha value is -3.19. The van der Waals surface area contributed by atoms with E-state index in [9.17, 15) is 28.3 Å². The van der Waals surface area contributed by atoms with Gasteiger partial charge in [-0.15, -0.1) is 10.2 Å². The van der Waals surface area contributed by atoms with E-state index in [1.807, 2.05) is 0 Å². The highest BCUT2D eigenvalue weighted by molar-refractivity contribution is 7.14. The predicted molar refractivity (Wildman–Crippen MR) is 105 cm³/mol. The van der Waals surface area contributed by atoms with Gasteiger partial charge in [-0.3, -0.25) is 9.69 Å². The quantitative estimate of drug-likeness (QED) is 0.562. The van der Waals surface area contributed by atoms with Gasteiger partial charge >= 0.3 is 12.0 Å². The van der Waals surface area contributed by atoms with Crippen molar-refractivity contribution in [1.82, 2.24) is 20.0 Å². The van der Waals surface area contributed by atoms with Crippen molar-refractivity contribution in [2.24, 2.45) is 0 Å². The summed E-state index contributed by atoms with van der Waals surface area (Å²) in [6.07, 6.45) is 0.950. The molecule has 0 radical (unpaired) electrons. The molecule has 2 aliphatic rings. The number of aromatic hydroxyl groups is 1. The van der Waals surface area contributed by atoms with Gasteiger partial charge in [-0.05, 0) is 31.9 Å². The van der Waals surface area contributed by atoms with Crippen molar-refractivity contribution < 1.29 is 38.1 Å². The molecule has 1 saturated heterocycles. The molecule has 4 rings (SSSR count). The molecule has 1 saturated carbocycles. The van der Waals surface area contributed by atoms with E-state index in [0.717, 1.165) is 28.4 Å². The first-order valence-electron chi connectivity index (χ1n) is 9.60. The maximum absolute atomic E-state index is 14.2. The van der Waals surface area contributed by atoms with Gasteiger partial charge in [-0.25, -0.2) is 18.4 Å². The summed E-state index contributed by atoms with van der Waals surface area (Å²) in [5, 5.41) is 26.4. The second-order valence-electron chi connectivity index (χ2n) is 7.59. The van der Waals surface area contributed by atoms with Crippen LogP contribution in [0.5, 0.6) is 5.75 Å². The first-order valence-corrected chi connectivity index (χ1v) is 10.4. The number of carbonyl (C=O) groups is 3. The molecular formula is C19H18F2N4O6S. The first kappa shape index (κ1) is 22.0. The summed E-state index contributed by atoms with van der Waals surface area (Å²) in [5.74, 6) is -4.93. The van der Waals surface area contributed by atoms with Crippen LogP contribution in [0.4, 0.5) is 13.6 Å². The number of phenolic OH excluding ortho intramolecular Hbond substituents is 1. The number of benzene rings is 1. The molecule has 10 nitrogen and oxygen atoms in total. The number of phenols is 1. The number of hydrogen-bond donors (Lipinski definition) is 2. The largest absolute Gasteiger partial charge is 0.503 e. The molecule has 13 heteroatoms. The van der Waals surface area contributed by atoms with Gasteiger partial charge in [0.2, 0.25) is 0 Å². The molecule has 1 aliphatic carbocycles. The van der Waals surface area contributed by atoms with Crippen molar-refractivity contribution in [2.45, 2.75) is 37.9 Å². The Labute approximate surface area is 184 Å². The van der Waals surface area contributed by atoms with Gasteiger partial charge in [0.1, 0.15) is 17.2 Å². The Morgan fingerprint density at radius 1 is 1.31 bits per heavy atom. The smallest absolute Gasteiger partial charge is 0.329 e. The van der Waals surface area contributed by atoms with E-state index in [4.69, 9.17) is 9.84 Å². The Bertz CT molecular complexity index is 1110. The summed E-state index contributed by atoms with van der Waals surface area (Å²) >= 11 is 0.951. The number of imide groups is 1. The van der Waals surface area contributed by atoms with Crippen molar-refractivity contribution in [1.29, 1.82) is 0 Å². The predicted octanol–water partition coefficient (Wildman–Crippen LogP) is 1.98. The molecule has 170 valence electrons. The van der Waals surface area contributed by atoms with Crippen molar-refractivity contribution in [3.05, 3.63) is 28.8 Å². The van der Waals surface area contributed by atoms with Crippen LogP contribution in [0.15, 0.2) is 12.1 Å². The van der Waals surface area contributed by atoms with Crippen molar-refractivity contribution in [3.8, 4) is 16.3 Å². The number of carbonyl (C=O) groups excluding carboxylic acids is 2. The van der Waals surface area contributed by atoms with E-state index in [1.54, 1.807) is 6.92 Å². The molecule has 2 fully saturated rings. The van der Waals surface area contributed by atoms with Gasteiger partial charge in [0.15, 0.2) is 22.4 Å². The zero-order valence-corrected chi connectivity index (χ0v) is 17.6. The number of aromatic nitrogens is 2. The lowest BCUT2D eigenvalue weighted by Gasteiger charge is -2.22. The van der Waals surface area contributed by atoms with Crippen LogP contribution in [0.1, 0.15) is 24.8 Å². The number of ether oxygens (including phenoxy) is 1. The molecule has 2 heterocycles. The van der Waals surface area contributed by atoms with Crippen LogP contribution in [0.2, 0.25) is 0 Å². The Kier molecular flexibility index (Phi) is 5.54. The van der Waals surface area contributed by atoms with Gasteiger partial charge in [0.05, 0.1) is 24.8 Å². The van der Waals surface area contributed by atoms with Gasteiger partial charge in [0, 0.05) is 0 Å². The highest BCUT2D eigenvalue weighted by Gasteiger charge is 2.65. The molecule has 1 spiro atoms. The molecule has 1 atom stereocenters. The minimum atomic E-state index is -1.17. The Balaban J connectivity index is 1.51. The number of rotatable bonds is 8. The lowest BCUT2D eigenvalue weighted by Crippen LogP contribution is -2.42. The normalized spacial score (nSPS) is 18.0. The molecular weight excluding hydrogens is 450 g/mol. The summed E-state index contributed by atoms with van der Waals surface area (Å²) in [6, 6.07) is 0.809. The zero-order valence-electron chi connectivity index (χ0n) is 16.7. The lowest BCUT2D eigenvalue weighted by molar-refractivity contribution is -0.142. The third-order valence-electron chi connectivity index (χ3n) is 5.38. The standard InChI is InChI=1S/C19H18F2N4O6S/c1-9(7-31-8-13(26)27)25-17(29)19(4-5-19)24(18(25)30)6-12-22-23-16(32-12)10-2-3-11(20)15(28)14(10)21/h2-3,9,28H,4-8H2,1H3,(H,26,27)/t9-/m0/s1. The highest BCUT2D eigenvalue weighted by Crippen LogP contribution is 2.49. The first-order chi connectivity index (χ1) is 15.2. The molecule has 3 amide bonds. The minimum absolute atomic E-state index is 0.0454. The van der Waals surface area contributed by atoms with Crippen molar-refractivity contribution in [3.63, 3.8) is 0 Å². The van der Waals surface area contributed by atoms with Crippen LogP contribution in [0.3, 0.4) is 0 Å². The highest BCUT2D eigenvalue weighted by atomic mass is 32.1. The lowest BCUT2D eigenvalue weighted by atomic mass is 10.2. The number of carboxylic acid groups (broad SMARTS) is 1. The number of urea groups is 1. The van der Waals surface area contributed by atoms with Crippen molar-refractivity contribution in [2.75, 3.05) is 13.2 Å². The topological polar surface area (TPSA) is 133 Å². The van der Waals surface area contributed by atoms with Crippen LogP contribution in [-0.2, 0) is 20.9 Å². The molecule has 2 aromatic rings. The molecule has 1 aromatic heterocycles. The van der Waals surface area contributed by atoms with Gasteiger partial charge in [0.25, 0.3) is 5.91 Å². The van der Waals surface area contributed by atoms with Crippen LogP contribution in [-0.4, -0.2) is 72.9 Å². The Morgan fingerprint density at radius 2 is 2.03 bits per heavy atom. The SMILES string of the molecule is C[C@@H](COCC(=O)O)N1C(=O)N(Cc2nnc(-c3ccc(F)c(O)c3F)s2)C2(CC2)C1=O. The van der Waals surface area contributed by atoms with Crippen LogP contribution in [0, 0.1) is 11.6 Å². The van der Waals surface area contributed by atoms with E-state index in [0.29, 0.717) is 17.8 Å². The molecule has 0 unspecified atom stereocenters. The molecule has 0 bridgehead atoms. The molecule has 32 heavy (non-hydrogen) atoms. The van der Waals surface area contributed by atoms with E-state index in [1.165, 1.54) is 4.90 Å². The fraction of sp³-hybridized carbons (Fsp3) is 0.421. The number of carboxylic acids is 1. The molecule has 1 aromatic carbocycles. The summed E-state index contributed by atoms with van der Waals surface area (Å²) in [5.41, 5.74) is -1.12. The number of nitrogens with zero attached hydrogens (tertiary/aromatic N) is 4. The van der Waals surface area contributed by atoms with E-state index in [2.05, 4.69) is 10.2 Å². The third kappa shape index (κ3) is 3.66. The Morgan fingerprint density at radius 3 is 2.69 bits per heavy atom. The zero-order chi connectivity index (χ0) is 23.2. The van der Waals surface area contributed by atoms with E-state index in [-0.39, 0.29) is 29.6 Å². The number of amides is 3. The number of aliphatic carboxylic acids is 1. The van der Waals surface area contributed by atoms with Crippen LogP contribution < -0.4 is 0 Å². The summed E-state index contributed by atoms with van der Waals surface area (Å²) in [4.78, 5) is 39.0. The number of halogens is 2. The fourth-order valence-corrected chi connectivity index (χ4v) is 4.46. The van der Waals surface area contributed by atoms with Gasteiger partial charge < -0.3 is 19.8 Å². The van der Waals surface area contributed by atoms with Gasteiger partial charge in [-0.1, -0.05) is 11.3 Å². The fourth-order valence-electron chi connectivity index (χ4n) is 3.61. The monoisotopic (exact) mass is 468 g/mol. The average Bonchev–Trinajstić information content (AvgIpc) is 3.36. The second kappa shape index (κ2) is 8.06. The second-order valence-corrected chi connectivity index (χ2v) is 8.65. The maximum atomic E-state index is 14.2. The number of hydrogen-bond acceptors (Lipinski definition) is 8.